The zero-order chi connectivity index (χ0) is 14.1. The van der Waals surface area contributed by atoms with Gasteiger partial charge in [0.25, 0.3) is 0 Å². The average molecular weight is 284 g/mol. The van der Waals surface area contributed by atoms with E-state index in [2.05, 4.69) is 34.9 Å². The Morgan fingerprint density at radius 3 is 2.60 bits per heavy atom. The van der Waals surface area contributed by atoms with Crippen molar-refractivity contribution in [3.8, 4) is 11.4 Å². The highest BCUT2D eigenvalue weighted by Gasteiger charge is 2.13. The maximum Gasteiger partial charge on any atom is 0.164 e. The van der Waals surface area contributed by atoms with E-state index in [-0.39, 0.29) is 0 Å². The first-order chi connectivity index (χ1) is 9.66. The lowest BCUT2D eigenvalue weighted by atomic mass is 9.97. The molecule has 0 aliphatic carbocycles. The Balaban J connectivity index is 2.25. The standard InChI is InChI=1S/C16H14ClN3/c1-10(2)11-6-3-4-7-12(11)16-19-14(17)13-8-5-9-18-15(13)20-16/h3-10H,1-2H3. The van der Waals surface area contributed by atoms with Crippen LogP contribution < -0.4 is 0 Å². The molecule has 1 aromatic carbocycles. The highest BCUT2D eigenvalue weighted by atomic mass is 35.5. The monoisotopic (exact) mass is 283 g/mol. The molecular formula is C16H14ClN3. The van der Waals surface area contributed by atoms with Crippen molar-refractivity contribution in [1.29, 1.82) is 0 Å². The van der Waals surface area contributed by atoms with Crippen LogP contribution in [0.15, 0.2) is 42.6 Å². The minimum Gasteiger partial charge on any atom is -0.236 e. The van der Waals surface area contributed by atoms with E-state index in [1.807, 2.05) is 30.3 Å². The Morgan fingerprint density at radius 2 is 1.80 bits per heavy atom. The van der Waals surface area contributed by atoms with E-state index < -0.39 is 0 Å². The molecule has 0 aliphatic heterocycles. The molecule has 2 aromatic heterocycles. The minimum absolute atomic E-state index is 0.396. The fraction of sp³-hybridized carbons (Fsp3) is 0.188. The molecule has 0 radical (unpaired) electrons. The fourth-order valence-electron chi connectivity index (χ4n) is 2.25. The van der Waals surface area contributed by atoms with Gasteiger partial charge >= 0.3 is 0 Å². The highest BCUT2D eigenvalue weighted by Crippen LogP contribution is 2.29. The molecular weight excluding hydrogens is 270 g/mol. The van der Waals surface area contributed by atoms with Gasteiger partial charge in [-0.25, -0.2) is 15.0 Å². The van der Waals surface area contributed by atoms with Crippen molar-refractivity contribution in [2.75, 3.05) is 0 Å². The highest BCUT2D eigenvalue weighted by molar-refractivity contribution is 6.34. The number of hydrogen-bond donors (Lipinski definition) is 0. The van der Waals surface area contributed by atoms with Crippen LogP contribution in [0.5, 0.6) is 0 Å². The number of hydrogen-bond acceptors (Lipinski definition) is 3. The van der Waals surface area contributed by atoms with Crippen molar-refractivity contribution in [3.63, 3.8) is 0 Å². The van der Waals surface area contributed by atoms with Gasteiger partial charge in [0.2, 0.25) is 0 Å². The predicted octanol–water partition coefficient (Wildman–Crippen LogP) is 4.47. The molecule has 2 heterocycles. The molecule has 3 rings (SSSR count). The number of halogens is 1. The molecule has 0 unspecified atom stereocenters. The van der Waals surface area contributed by atoms with Crippen molar-refractivity contribution >= 4 is 22.6 Å². The normalized spacial score (nSPS) is 11.2. The van der Waals surface area contributed by atoms with Crippen molar-refractivity contribution in [2.45, 2.75) is 19.8 Å². The van der Waals surface area contributed by atoms with E-state index in [1.54, 1.807) is 6.20 Å². The maximum absolute atomic E-state index is 6.25. The van der Waals surface area contributed by atoms with Gasteiger partial charge in [0.15, 0.2) is 11.5 Å². The zero-order valence-electron chi connectivity index (χ0n) is 11.3. The van der Waals surface area contributed by atoms with Gasteiger partial charge < -0.3 is 0 Å². The summed E-state index contributed by atoms with van der Waals surface area (Å²) in [5.41, 5.74) is 2.84. The summed E-state index contributed by atoms with van der Waals surface area (Å²) < 4.78 is 0. The van der Waals surface area contributed by atoms with Crippen LogP contribution in [0.25, 0.3) is 22.4 Å². The number of nitrogens with zero attached hydrogens (tertiary/aromatic N) is 3. The van der Waals surface area contributed by atoms with E-state index in [1.165, 1.54) is 5.56 Å². The molecule has 4 heteroatoms. The third-order valence-corrected chi connectivity index (χ3v) is 3.54. The summed E-state index contributed by atoms with van der Waals surface area (Å²) in [7, 11) is 0. The van der Waals surface area contributed by atoms with Crippen LogP contribution in [-0.2, 0) is 0 Å². The van der Waals surface area contributed by atoms with Gasteiger partial charge in [0.1, 0.15) is 5.15 Å². The molecule has 0 bridgehead atoms. The van der Waals surface area contributed by atoms with E-state index in [0.29, 0.717) is 22.5 Å². The lowest BCUT2D eigenvalue weighted by Gasteiger charge is -2.12. The topological polar surface area (TPSA) is 38.7 Å². The largest absolute Gasteiger partial charge is 0.236 e. The van der Waals surface area contributed by atoms with Crippen LogP contribution in [0.4, 0.5) is 0 Å². The molecule has 20 heavy (non-hydrogen) atoms. The van der Waals surface area contributed by atoms with Crippen LogP contribution in [-0.4, -0.2) is 15.0 Å². The molecule has 3 nitrogen and oxygen atoms in total. The lowest BCUT2D eigenvalue weighted by Crippen LogP contribution is -1.98. The summed E-state index contributed by atoms with van der Waals surface area (Å²) >= 11 is 6.25. The Bertz CT molecular complexity index is 769. The third-order valence-electron chi connectivity index (χ3n) is 3.25. The summed E-state index contributed by atoms with van der Waals surface area (Å²) in [6.45, 7) is 4.31. The molecule has 3 aromatic rings. The van der Waals surface area contributed by atoms with Gasteiger partial charge in [0, 0.05) is 11.8 Å². The maximum atomic E-state index is 6.25. The van der Waals surface area contributed by atoms with Gasteiger partial charge in [0.05, 0.1) is 5.39 Å². The summed E-state index contributed by atoms with van der Waals surface area (Å²) in [6, 6.07) is 11.8. The molecule has 100 valence electrons. The Hall–Kier alpha value is -2.00. The second-order valence-corrected chi connectivity index (χ2v) is 5.31. The summed E-state index contributed by atoms with van der Waals surface area (Å²) in [6.07, 6.45) is 1.71. The summed E-state index contributed by atoms with van der Waals surface area (Å²) in [5.74, 6) is 1.03. The Morgan fingerprint density at radius 1 is 1.00 bits per heavy atom. The van der Waals surface area contributed by atoms with Crippen LogP contribution in [0.2, 0.25) is 5.15 Å². The van der Waals surface area contributed by atoms with E-state index in [0.717, 1.165) is 10.9 Å². The number of benzene rings is 1. The Labute approximate surface area is 122 Å². The molecule has 0 fully saturated rings. The van der Waals surface area contributed by atoms with E-state index in [9.17, 15) is 0 Å². The number of rotatable bonds is 2. The van der Waals surface area contributed by atoms with Crippen molar-refractivity contribution in [2.24, 2.45) is 0 Å². The minimum atomic E-state index is 0.396. The van der Waals surface area contributed by atoms with Crippen molar-refractivity contribution in [1.82, 2.24) is 15.0 Å². The van der Waals surface area contributed by atoms with Crippen LogP contribution in [0.3, 0.4) is 0 Å². The molecule has 0 atom stereocenters. The molecule has 0 aliphatic rings. The van der Waals surface area contributed by atoms with Gasteiger partial charge in [-0.05, 0) is 23.6 Å². The van der Waals surface area contributed by atoms with Gasteiger partial charge in [-0.1, -0.05) is 49.7 Å². The fourth-order valence-corrected chi connectivity index (χ4v) is 2.48. The second kappa shape index (κ2) is 5.17. The second-order valence-electron chi connectivity index (χ2n) is 4.95. The number of fused-ring (bicyclic) bond motifs is 1. The molecule has 0 saturated carbocycles. The van der Waals surface area contributed by atoms with Gasteiger partial charge in [-0.15, -0.1) is 0 Å². The molecule has 0 amide bonds. The van der Waals surface area contributed by atoms with Crippen molar-refractivity contribution < 1.29 is 0 Å². The van der Waals surface area contributed by atoms with Gasteiger partial charge in [-0.3, -0.25) is 0 Å². The lowest BCUT2D eigenvalue weighted by molar-refractivity contribution is 0.866. The molecule has 0 spiro atoms. The third kappa shape index (κ3) is 2.25. The van der Waals surface area contributed by atoms with E-state index in [4.69, 9.17) is 11.6 Å². The zero-order valence-corrected chi connectivity index (χ0v) is 12.1. The molecule has 0 saturated heterocycles. The number of pyridine rings is 1. The number of aromatic nitrogens is 3. The van der Waals surface area contributed by atoms with Crippen LogP contribution in [0, 0.1) is 0 Å². The van der Waals surface area contributed by atoms with Crippen LogP contribution >= 0.6 is 11.6 Å². The summed E-state index contributed by atoms with van der Waals surface area (Å²) in [5, 5.41) is 1.22. The van der Waals surface area contributed by atoms with Crippen LogP contribution in [0.1, 0.15) is 25.3 Å². The van der Waals surface area contributed by atoms with Crippen molar-refractivity contribution in [3.05, 3.63) is 53.3 Å². The first kappa shape index (κ1) is 13.0. The first-order valence-corrected chi connectivity index (χ1v) is 6.92. The predicted molar refractivity (Wildman–Crippen MR) is 81.9 cm³/mol. The Kier molecular flexibility index (Phi) is 3.36. The average Bonchev–Trinajstić information content (AvgIpc) is 2.47. The quantitative estimate of drug-likeness (QED) is 0.651. The van der Waals surface area contributed by atoms with Gasteiger partial charge in [-0.2, -0.15) is 0 Å². The molecule has 0 N–H and O–H groups in total. The van der Waals surface area contributed by atoms with E-state index >= 15 is 0 Å². The smallest absolute Gasteiger partial charge is 0.164 e. The summed E-state index contributed by atoms with van der Waals surface area (Å²) in [4.78, 5) is 13.2. The first-order valence-electron chi connectivity index (χ1n) is 6.54. The SMILES string of the molecule is CC(C)c1ccccc1-c1nc(Cl)c2cccnc2n1.